The fourth-order valence-electron chi connectivity index (χ4n) is 2.93. The molecule has 2 aliphatic rings. The van der Waals surface area contributed by atoms with Gasteiger partial charge in [0, 0.05) is 29.7 Å². The van der Waals surface area contributed by atoms with Crippen LogP contribution >= 0.6 is 11.8 Å². The predicted molar refractivity (Wildman–Crippen MR) is 84.1 cm³/mol. The van der Waals surface area contributed by atoms with E-state index in [1.807, 2.05) is 11.8 Å². The van der Waals surface area contributed by atoms with Crippen LogP contribution in [0.5, 0.6) is 0 Å². The molecule has 1 saturated heterocycles. The Morgan fingerprint density at radius 2 is 2.21 bits per heavy atom. The molecule has 0 aromatic heterocycles. The van der Waals surface area contributed by atoms with Crippen molar-refractivity contribution in [2.24, 2.45) is 0 Å². The highest BCUT2D eigenvalue weighted by atomic mass is 32.2. The number of benzene rings is 1. The maximum absolute atomic E-state index is 3.51. The van der Waals surface area contributed by atoms with Crippen LogP contribution in [-0.2, 0) is 0 Å². The molecule has 1 atom stereocenters. The van der Waals surface area contributed by atoms with E-state index < -0.39 is 0 Å². The number of nitrogens with zero attached hydrogens (tertiary/aromatic N) is 2. The molecular formula is C15H23N3S. The Kier molecular flexibility index (Phi) is 3.63. The van der Waals surface area contributed by atoms with E-state index in [0.29, 0.717) is 11.5 Å². The molecule has 3 nitrogen and oxygen atoms in total. The summed E-state index contributed by atoms with van der Waals surface area (Å²) in [5, 5.41) is 3.51. The van der Waals surface area contributed by atoms with E-state index in [4.69, 9.17) is 0 Å². The second-order valence-corrected chi connectivity index (χ2v) is 6.70. The highest BCUT2D eigenvalue weighted by Gasteiger charge is 2.36. The molecule has 2 heterocycles. The van der Waals surface area contributed by atoms with Gasteiger partial charge in [-0.15, -0.1) is 0 Å². The lowest BCUT2D eigenvalue weighted by atomic mass is 10.2. The summed E-state index contributed by atoms with van der Waals surface area (Å²) in [5.74, 6) is 0. The monoisotopic (exact) mass is 277 g/mol. The van der Waals surface area contributed by atoms with Crippen LogP contribution in [0.3, 0.4) is 0 Å². The molecule has 0 spiro atoms. The first kappa shape index (κ1) is 13.1. The number of rotatable bonds is 3. The smallest absolute Gasteiger partial charge is 0.135 e. The molecule has 1 unspecified atom stereocenters. The van der Waals surface area contributed by atoms with Gasteiger partial charge in [-0.25, -0.2) is 0 Å². The molecule has 104 valence electrons. The maximum atomic E-state index is 3.51. The first-order valence-electron chi connectivity index (χ1n) is 7.27. The molecule has 0 amide bonds. The Labute approximate surface area is 120 Å². The van der Waals surface area contributed by atoms with Gasteiger partial charge >= 0.3 is 0 Å². The summed E-state index contributed by atoms with van der Waals surface area (Å²) >= 11 is 2.00. The van der Waals surface area contributed by atoms with Crippen LogP contribution in [0.4, 0.5) is 11.4 Å². The molecule has 2 aliphatic heterocycles. The predicted octanol–water partition coefficient (Wildman–Crippen LogP) is 3.43. The lowest BCUT2D eigenvalue weighted by Crippen LogP contribution is -2.49. The van der Waals surface area contributed by atoms with Gasteiger partial charge in [-0.1, -0.05) is 18.7 Å². The first-order chi connectivity index (χ1) is 9.19. The van der Waals surface area contributed by atoms with Gasteiger partial charge in [0.05, 0.1) is 5.69 Å². The molecule has 1 aromatic rings. The van der Waals surface area contributed by atoms with Crippen molar-refractivity contribution in [1.29, 1.82) is 0 Å². The minimum Gasteiger partial charge on any atom is -0.383 e. The molecule has 4 heteroatoms. The summed E-state index contributed by atoms with van der Waals surface area (Å²) in [4.78, 5) is 6.57. The molecule has 0 radical (unpaired) electrons. The van der Waals surface area contributed by atoms with Crippen molar-refractivity contribution < 1.29 is 0 Å². The average molecular weight is 277 g/mol. The zero-order valence-electron chi connectivity index (χ0n) is 12.0. The summed E-state index contributed by atoms with van der Waals surface area (Å²) < 4.78 is 0. The molecule has 19 heavy (non-hydrogen) atoms. The van der Waals surface area contributed by atoms with Crippen molar-refractivity contribution in [2.75, 3.05) is 29.9 Å². The van der Waals surface area contributed by atoms with Gasteiger partial charge in [0.25, 0.3) is 0 Å². The number of nitrogens with one attached hydrogen (secondary N) is 1. The van der Waals surface area contributed by atoms with Crippen molar-refractivity contribution in [1.82, 2.24) is 4.90 Å². The van der Waals surface area contributed by atoms with Crippen molar-refractivity contribution in [3.63, 3.8) is 0 Å². The quantitative estimate of drug-likeness (QED) is 0.912. The van der Waals surface area contributed by atoms with Crippen molar-refractivity contribution >= 4 is 23.1 Å². The van der Waals surface area contributed by atoms with Crippen LogP contribution in [0.15, 0.2) is 23.1 Å². The lowest BCUT2D eigenvalue weighted by Gasteiger charge is -2.39. The third-order valence-electron chi connectivity index (χ3n) is 3.79. The van der Waals surface area contributed by atoms with E-state index >= 15 is 0 Å². The molecule has 1 fully saturated rings. The Hall–Kier alpha value is -0.870. The topological polar surface area (TPSA) is 18.5 Å². The Balaban J connectivity index is 1.87. The minimum atomic E-state index is 0.483. The summed E-state index contributed by atoms with van der Waals surface area (Å²) in [5.41, 5.74) is 3.17. The van der Waals surface area contributed by atoms with Crippen LogP contribution < -0.4 is 10.2 Å². The van der Waals surface area contributed by atoms with Gasteiger partial charge in [0.1, 0.15) is 5.50 Å². The Morgan fingerprint density at radius 3 is 2.95 bits per heavy atom. The third-order valence-corrected chi connectivity index (χ3v) is 5.15. The number of thioether (sulfide) groups is 1. The van der Waals surface area contributed by atoms with E-state index in [9.17, 15) is 0 Å². The van der Waals surface area contributed by atoms with E-state index in [-0.39, 0.29) is 0 Å². The molecule has 3 rings (SSSR count). The van der Waals surface area contributed by atoms with Crippen LogP contribution in [0, 0.1) is 0 Å². The van der Waals surface area contributed by atoms with Gasteiger partial charge in [-0.3, -0.25) is 4.90 Å². The van der Waals surface area contributed by atoms with Gasteiger partial charge in [-0.2, -0.15) is 0 Å². The van der Waals surface area contributed by atoms with Gasteiger partial charge in [-0.05, 0) is 45.0 Å². The molecule has 0 bridgehead atoms. The second-order valence-electron chi connectivity index (χ2n) is 5.60. The third kappa shape index (κ3) is 2.43. The second kappa shape index (κ2) is 5.25. The summed E-state index contributed by atoms with van der Waals surface area (Å²) in [6, 6.07) is 7.29. The van der Waals surface area contributed by atoms with Crippen LogP contribution in [0.25, 0.3) is 0 Å². The highest BCUT2D eigenvalue weighted by molar-refractivity contribution is 8.00. The number of hydrogen-bond donors (Lipinski definition) is 1. The van der Waals surface area contributed by atoms with Crippen LogP contribution in [-0.4, -0.2) is 36.1 Å². The summed E-state index contributed by atoms with van der Waals surface area (Å²) in [6.45, 7) is 10.2. The largest absolute Gasteiger partial charge is 0.383 e. The van der Waals surface area contributed by atoms with Crippen LogP contribution in [0.2, 0.25) is 0 Å². The molecule has 1 N–H and O–H groups in total. The van der Waals surface area contributed by atoms with Gasteiger partial charge < -0.3 is 10.2 Å². The zero-order valence-corrected chi connectivity index (χ0v) is 12.8. The number of hydrogen-bond acceptors (Lipinski definition) is 4. The van der Waals surface area contributed by atoms with Crippen molar-refractivity contribution in [3.8, 4) is 0 Å². The molecular weight excluding hydrogens is 254 g/mol. The molecule has 0 saturated carbocycles. The minimum absolute atomic E-state index is 0.483. The Morgan fingerprint density at radius 1 is 1.37 bits per heavy atom. The standard InChI is InChI=1S/C15H23N3S/c1-4-17-8-5-9-18-13-10-12(16-11(2)3)6-7-14(13)19-15(17)18/h6-7,10-11,15-16H,4-5,8-9H2,1-3H3. The average Bonchev–Trinajstić information content (AvgIpc) is 2.76. The zero-order chi connectivity index (χ0) is 13.4. The first-order valence-corrected chi connectivity index (χ1v) is 8.15. The van der Waals surface area contributed by atoms with Crippen molar-refractivity contribution in [3.05, 3.63) is 18.2 Å². The van der Waals surface area contributed by atoms with Gasteiger partial charge in [0.2, 0.25) is 0 Å². The summed E-state index contributed by atoms with van der Waals surface area (Å²) in [6.07, 6.45) is 1.27. The van der Waals surface area contributed by atoms with Crippen molar-refractivity contribution in [2.45, 2.75) is 43.6 Å². The fraction of sp³-hybridized carbons (Fsp3) is 0.600. The highest BCUT2D eigenvalue weighted by Crippen LogP contribution is 2.47. The maximum Gasteiger partial charge on any atom is 0.135 e. The molecule has 1 aromatic carbocycles. The number of anilines is 2. The SMILES string of the molecule is CCN1CCCN2c3cc(NC(C)C)ccc3SC12. The Bertz CT molecular complexity index is 461. The van der Waals surface area contributed by atoms with E-state index in [2.05, 4.69) is 54.1 Å². The van der Waals surface area contributed by atoms with E-state index in [1.165, 1.54) is 35.8 Å². The van der Waals surface area contributed by atoms with Gasteiger partial charge in [0.15, 0.2) is 0 Å². The van der Waals surface area contributed by atoms with E-state index in [0.717, 1.165) is 6.54 Å². The number of fused-ring (bicyclic) bond motifs is 3. The normalized spacial score (nSPS) is 22.5. The lowest BCUT2D eigenvalue weighted by molar-refractivity contribution is 0.232. The van der Waals surface area contributed by atoms with Crippen LogP contribution in [0.1, 0.15) is 27.2 Å². The van der Waals surface area contributed by atoms with E-state index in [1.54, 1.807) is 0 Å². The summed E-state index contributed by atoms with van der Waals surface area (Å²) in [7, 11) is 0. The molecule has 0 aliphatic carbocycles. The fourth-order valence-corrected chi connectivity index (χ4v) is 4.35.